The smallest absolute Gasteiger partial charge is 0.158 e. The number of hydrogen-bond donors (Lipinski definition) is 1. The predicted octanol–water partition coefficient (Wildman–Crippen LogP) is 0.0690. The number of aromatic nitrogens is 3. The maximum Gasteiger partial charge on any atom is 0.158 e. The second-order valence-corrected chi connectivity index (χ2v) is 3.86. The molecule has 0 aromatic carbocycles. The van der Waals surface area contributed by atoms with Crippen LogP contribution in [0.25, 0.3) is 0 Å². The van der Waals surface area contributed by atoms with Gasteiger partial charge in [0.2, 0.25) is 0 Å². The number of ether oxygens (including phenoxy) is 1. The molecule has 0 saturated heterocycles. The normalized spacial score (nSPS) is 26.1. The van der Waals surface area contributed by atoms with Gasteiger partial charge in [0.1, 0.15) is 12.9 Å². The van der Waals surface area contributed by atoms with Crippen LogP contribution in [0.15, 0.2) is 6.33 Å². The maximum atomic E-state index is 5.66. The van der Waals surface area contributed by atoms with E-state index in [2.05, 4.69) is 10.2 Å². The molecule has 1 fully saturated rings. The first-order valence-corrected chi connectivity index (χ1v) is 4.94. The van der Waals surface area contributed by atoms with E-state index < -0.39 is 0 Å². The summed E-state index contributed by atoms with van der Waals surface area (Å²) in [5.74, 6) is 1.54. The minimum atomic E-state index is 0.375. The molecule has 78 valence electrons. The first-order chi connectivity index (χ1) is 6.79. The fourth-order valence-corrected chi connectivity index (χ4v) is 1.63. The Labute approximate surface area is 83.3 Å². The molecule has 0 atom stereocenters. The third-order valence-corrected chi connectivity index (χ3v) is 2.78. The number of nitrogens with two attached hydrogens (primary N) is 1. The van der Waals surface area contributed by atoms with Crippen LogP contribution in [0.1, 0.15) is 18.7 Å². The molecule has 1 aromatic rings. The highest BCUT2D eigenvalue weighted by molar-refractivity contribution is 4.84. The fourth-order valence-electron chi connectivity index (χ4n) is 1.63. The Morgan fingerprint density at radius 3 is 3.00 bits per heavy atom. The third kappa shape index (κ3) is 1.93. The maximum absolute atomic E-state index is 5.66. The molecule has 1 aliphatic carbocycles. The van der Waals surface area contributed by atoms with Gasteiger partial charge in [-0.15, -0.1) is 10.2 Å². The van der Waals surface area contributed by atoms with Gasteiger partial charge in [-0.2, -0.15) is 0 Å². The summed E-state index contributed by atoms with van der Waals surface area (Å²) >= 11 is 0. The first kappa shape index (κ1) is 9.61. The van der Waals surface area contributed by atoms with Gasteiger partial charge in [0, 0.05) is 7.05 Å². The van der Waals surface area contributed by atoms with Gasteiger partial charge in [-0.05, 0) is 25.3 Å². The van der Waals surface area contributed by atoms with Crippen molar-refractivity contribution in [1.29, 1.82) is 0 Å². The van der Waals surface area contributed by atoms with E-state index in [1.807, 2.05) is 11.6 Å². The van der Waals surface area contributed by atoms with Crippen LogP contribution < -0.4 is 5.73 Å². The fraction of sp³-hybridized carbons (Fsp3) is 0.778. The van der Waals surface area contributed by atoms with Gasteiger partial charge in [-0.1, -0.05) is 0 Å². The van der Waals surface area contributed by atoms with Crippen LogP contribution in [0.5, 0.6) is 0 Å². The summed E-state index contributed by atoms with van der Waals surface area (Å²) in [5, 5.41) is 7.74. The van der Waals surface area contributed by atoms with E-state index in [0.717, 1.165) is 25.2 Å². The number of aryl methyl sites for hydroxylation is 1. The van der Waals surface area contributed by atoms with Crippen LogP contribution in [0.3, 0.4) is 0 Å². The molecular weight excluding hydrogens is 180 g/mol. The molecule has 0 radical (unpaired) electrons. The minimum absolute atomic E-state index is 0.375. The summed E-state index contributed by atoms with van der Waals surface area (Å²) in [6.45, 7) is 1.34. The minimum Gasteiger partial charge on any atom is -0.370 e. The molecule has 14 heavy (non-hydrogen) atoms. The van der Waals surface area contributed by atoms with E-state index in [9.17, 15) is 0 Å². The molecule has 1 saturated carbocycles. The molecule has 1 heterocycles. The Morgan fingerprint density at radius 2 is 2.43 bits per heavy atom. The highest BCUT2D eigenvalue weighted by Gasteiger charge is 2.28. The summed E-state index contributed by atoms with van der Waals surface area (Å²) in [6.07, 6.45) is 4.24. The quantitative estimate of drug-likeness (QED) is 0.740. The Bertz CT molecular complexity index is 293. The van der Waals surface area contributed by atoms with E-state index in [-0.39, 0.29) is 0 Å². The SMILES string of the molecule is Cn1cnnc1COC1CC(CN)C1. The summed E-state index contributed by atoms with van der Waals surface area (Å²) in [4.78, 5) is 0. The van der Waals surface area contributed by atoms with Crippen molar-refractivity contribution in [3.05, 3.63) is 12.2 Å². The van der Waals surface area contributed by atoms with Crippen molar-refractivity contribution in [3.63, 3.8) is 0 Å². The summed E-state index contributed by atoms with van der Waals surface area (Å²) in [6, 6.07) is 0. The highest BCUT2D eigenvalue weighted by atomic mass is 16.5. The van der Waals surface area contributed by atoms with Crippen LogP contribution >= 0.6 is 0 Å². The standard InChI is InChI=1S/C9H16N4O/c1-13-6-11-12-9(13)5-14-8-2-7(3-8)4-10/h6-8H,2-5,10H2,1H3. The van der Waals surface area contributed by atoms with Crippen molar-refractivity contribution in [2.45, 2.75) is 25.6 Å². The van der Waals surface area contributed by atoms with E-state index in [4.69, 9.17) is 10.5 Å². The van der Waals surface area contributed by atoms with Crippen molar-refractivity contribution in [1.82, 2.24) is 14.8 Å². The second kappa shape index (κ2) is 4.06. The molecule has 0 amide bonds. The molecule has 0 aliphatic heterocycles. The molecule has 2 N–H and O–H groups in total. The Balaban J connectivity index is 1.72. The molecule has 0 unspecified atom stereocenters. The molecule has 5 heteroatoms. The van der Waals surface area contributed by atoms with Crippen LogP contribution in [0, 0.1) is 5.92 Å². The lowest BCUT2D eigenvalue weighted by molar-refractivity contribution is -0.0407. The zero-order valence-corrected chi connectivity index (χ0v) is 8.39. The van der Waals surface area contributed by atoms with Crippen LogP contribution in [0.2, 0.25) is 0 Å². The molecule has 0 spiro atoms. The van der Waals surface area contributed by atoms with Gasteiger partial charge >= 0.3 is 0 Å². The molecule has 5 nitrogen and oxygen atoms in total. The van der Waals surface area contributed by atoms with Gasteiger partial charge < -0.3 is 15.0 Å². The molecule has 1 aromatic heterocycles. The zero-order valence-electron chi connectivity index (χ0n) is 8.39. The lowest BCUT2D eigenvalue weighted by atomic mass is 9.82. The van der Waals surface area contributed by atoms with E-state index in [1.165, 1.54) is 0 Å². The first-order valence-electron chi connectivity index (χ1n) is 4.94. The van der Waals surface area contributed by atoms with Gasteiger partial charge in [-0.3, -0.25) is 0 Å². The van der Waals surface area contributed by atoms with Crippen molar-refractivity contribution in [2.75, 3.05) is 6.54 Å². The number of hydrogen-bond acceptors (Lipinski definition) is 4. The monoisotopic (exact) mass is 196 g/mol. The number of nitrogens with zero attached hydrogens (tertiary/aromatic N) is 3. The lowest BCUT2D eigenvalue weighted by Crippen LogP contribution is -2.35. The van der Waals surface area contributed by atoms with Crippen LogP contribution in [0.4, 0.5) is 0 Å². The Hall–Kier alpha value is -0.940. The second-order valence-electron chi connectivity index (χ2n) is 3.86. The summed E-state index contributed by atoms with van der Waals surface area (Å²) in [7, 11) is 1.92. The molecule has 2 rings (SSSR count). The van der Waals surface area contributed by atoms with Gasteiger partial charge in [0.05, 0.1) is 6.10 Å². The zero-order chi connectivity index (χ0) is 9.97. The van der Waals surface area contributed by atoms with Crippen LogP contribution in [-0.4, -0.2) is 27.4 Å². The van der Waals surface area contributed by atoms with Gasteiger partial charge in [0.15, 0.2) is 5.82 Å². The van der Waals surface area contributed by atoms with E-state index >= 15 is 0 Å². The summed E-state index contributed by atoms with van der Waals surface area (Å²) < 4.78 is 7.53. The topological polar surface area (TPSA) is 66.0 Å². The average molecular weight is 196 g/mol. The van der Waals surface area contributed by atoms with E-state index in [1.54, 1.807) is 6.33 Å². The van der Waals surface area contributed by atoms with Crippen molar-refractivity contribution >= 4 is 0 Å². The molecule has 1 aliphatic rings. The average Bonchev–Trinajstić information content (AvgIpc) is 2.49. The van der Waals surface area contributed by atoms with Gasteiger partial charge in [-0.25, -0.2) is 0 Å². The van der Waals surface area contributed by atoms with E-state index in [0.29, 0.717) is 18.6 Å². The van der Waals surface area contributed by atoms with Crippen molar-refractivity contribution < 1.29 is 4.74 Å². The highest BCUT2D eigenvalue weighted by Crippen LogP contribution is 2.29. The van der Waals surface area contributed by atoms with Crippen molar-refractivity contribution in [2.24, 2.45) is 18.7 Å². The van der Waals surface area contributed by atoms with Crippen molar-refractivity contribution in [3.8, 4) is 0 Å². The van der Waals surface area contributed by atoms with Gasteiger partial charge in [0.25, 0.3) is 0 Å². The predicted molar refractivity (Wildman–Crippen MR) is 51.4 cm³/mol. The lowest BCUT2D eigenvalue weighted by Gasteiger charge is -2.33. The molecule has 0 bridgehead atoms. The third-order valence-electron chi connectivity index (χ3n) is 2.78. The summed E-state index contributed by atoms with van der Waals surface area (Å²) in [5.41, 5.74) is 5.53. The Morgan fingerprint density at radius 1 is 1.64 bits per heavy atom. The molecular formula is C9H16N4O. The number of rotatable bonds is 4. The van der Waals surface area contributed by atoms with Crippen LogP contribution in [-0.2, 0) is 18.4 Å². The Kier molecular flexibility index (Phi) is 2.79. The largest absolute Gasteiger partial charge is 0.370 e.